The lowest BCUT2D eigenvalue weighted by Crippen LogP contribution is -1.76. The average molecular weight is 195 g/mol. The van der Waals surface area contributed by atoms with Crippen LogP contribution in [0.1, 0.15) is 11.3 Å². The second-order valence-electron chi connectivity index (χ2n) is 4.20. The van der Waals surface area contributed by atoms with Crippen molar-refractivity contribution in [2.75, 3.05) is 0 Å². The van der Waals surface area contributed by atoms with Crippen LogP contribution in [0.15, 0.2) is 36.4 Å². The van der Waals surface area contributed by atoms with Crippen LogP contribution >= 0.6 is 0 Å². The molecule has 1 aromatic heterocycles. The van der Waals surface area contributed by atoms with Crippen LogP contribution in [-0.4, -0.2) is 4.98 Å². The molecule has 1 heteroatoms. The van der Waals surface area contributed by atoms with Gasteiger partial charge in [-0.3, -0.25) is 0 Å². The number of nitrogens with one attached hydrogen (secondary N) is 1. The predicted octanol–water partition coefficient (Wildman–Crippen LogP) is 3.94. The summed E-state index contributed by atoms with van der Waals surface area (Å²) in [5.41, 5.74) is 3.76. The van der Waals surface area contributed by atoms with Gasteiger partial charge in [-0.05, 0) is 36.8 Å². The maximum Gasteiger partial charge on any atom is 0.0462 e. The van der Waals surface area contributed by atoms with Crippen LogP contribution in [0.4, 0.5) is 0 Å². The number of rotatable bonds is 0. The van der Waals surface area contributed by atoms with Crippen molar-refractivity contribution in [2.45, 2.75) is 13.8 Å². The topological polar surface area (TPSA) is 15.8 Å². The molecule has 0 unspecified atom stereocenters. The van der Waals surface area contributed by atoms with E-state index in [0.29, 0.717) is 0 Å². The van der Waals surface area contributed by atoms with Gasteiger partial charge in [0.15, 0.2) is 0 Å². The first kappa shape index (κ1) is 8.54. The van der Waals surface area contributed by atoms with Crippen molar-refractivity contribution in [3.63, 3.8) is 0 Å². The van der Waals surface area contributed by atoms with E-state index in [0.717, 1.165) is 0 Å². The zero-order valence-corrected chi connectivity index (χ0v) is 8.96. The van der Waals surface area contributed by atoms with Crippen molar-refractivity contribution in [2.24, 2.45) is 0 Å². The van der Waals surface area contributed by atoms with Gasteiger partial charge in [0, 0.05) is 16.6 Å². The normalized spacial score (nSPS) is 11.3. The quantitative estimate of drug-likeness (QED) is 0.559. The first-order valence-corrected chi connectivity index (χ1v) is 5.23. The number of H-pyrrole nitrogens is 1. The van der Waals surface area contributed by atoms with E-state index in [9.17, 15) is 0 Å². The van der Waals surface area contributed by atoms with Gasteiger partial charge in [0.1, 0.15) is 0 Å². The van der Waals surface area contributed by atoms with Gasteiger partial charge in [-0.2, -0.15) is 0 Å². The monoisotopic (exact) mass is 195 g/mol. The number of aromatic amines is 1. The summed E-state index contributed by atoms with van der Waals surface area (Å²) < 4.78 is 0. The number of aryl methyl sites for hydroxylation is 2. The minimum atomic E-state index is 1.22. The Morgan fingerprint density at radius 3 is 2.60 bits per heavy atom. The Balaban J connectivity index is 2.53. The molecule has 1 nitrogen and oxygen atoms in total. The summed E-state index contributed by atoms with van der Waals surface area (Å²) in [5.74, 6) is 0. The molecule has 0 aliphatic rings. The molecule has 2 aromatic carbocycles. The van der Waals surface area contributed by atoms with E-state index in [1.165, 1.54) is 32.9 Å². The maximum absolute atomic E-state index is 3.37. The summed E-state index contributed by atoms with van der Waals surface area (Å²) in [5, 5.41) is 3.98. The largest absolute Gasteiger partial charge is 0.359 e. The number of hydrogen-bond donors (Lipinski definition) is 1. The molecular weight excluding hydrogens is 182 g/mol. The van der Waals surface area contributed by atoms with Crippen LogP contribution in [0, 0.1) is 13.8 Å². The fourth-order valence-corrected chi connectivity index (χ4v) is 2.20. The molecule has 0 saturated heterocycles. The molecule has 3 aromatic rings. The van der Waals surface area contributed by atoms with E-state index in [-0.39, 0.29) is 0 Å². The summed E-state index contributed by atoms with van der Waals surface area (Å²) in [6.45, 7) is 4.23. The highest BCUT2D eigenvalue weighted by Crippen LogP contribution is 2.26. The Kier molecular flexibility index (Phi) is 1.63. The van der Waals surface area contributed by atoms with Gasteiger partial charge in [-0.25, -0.2) is 0 Å². The van der Waals surface area contributed by atoms with Crippen molar-refractivity contribution in [3.8, 4) is 0 Å². The van der Waals surface area contributed by atoms with Crippen LogP contribution in [-0.2, 0) is 0 Å². The standard InChI is InChI=1S/C14H13N/c1-9-3-5-12-11(7-9)4-6-14-13(12)8-10(2)15-14/h3-8,15H,1-2H3. The highest BCUT2D eigenvalue weighted by atomic mass is 14.7. The van der Waals surface area contributed by atoms with Crippen molar-refractivity contribution in [1.82, 2.24) is 4.98 Å². The Bertz CT molecular complexity index is 647. The van der Waals surface area contributed by atoms with Crippen LogP contribution in [0.3, 0.4) is 0 Å². The summed E-state index contributed by atoms with van der Waals surface area (Å²) in [6.07, 6.45) is 0. The molecule has 1 N–H and O–H groups in total. The van der Waals surface area contributed by atoms with E-state index in [4.69, 9.17) is 0 Å². The zero-order valence-electron chi connectivity index (χ0n) is 8.96. The Morgan fingerprint density at radius 2 is 1.73 bits per heavy atom. The van der Waals surface area contributed by atoms with Gasteiger partial charge in [0.25, 0.3) is 0 Å². The van der Waals surface area contributed by atoms with Crippen LogP contribution in [0.5, 0.6) is 0 Å². The third-order valence-corrected chi connectivity index (χ3v) is 2.91. The summed E-state index contributed by atoms with van der Waals surface area (Å²) in [6, 6.07) is 13.2. The lowest BCUT2D eigenvalue weighted by Gasteiger charge is -2.00. The summed E-state index contributed by atoms with van der Waals surface area (Å²) in [7, 11) is 0. The SMILES string of the molecule is Cc1ccc2c(ccc3[nH]c(C)cc32)c1. The molecule has 0 aliphatic heterocycles. The smallest absolute Gasteiger partial charge is 0.0462 e. The van der Waals surface area contributed by atoms with E-state index in [1.807, 2.05) is 0 Å². The molecule has 0 fully saturated rings. The van der Waals surface area contributed by atoms with Gasteiger partial charge in [-0.1, -0.05) is 29.8 Å². The third kappa shape index (κ3) is 1.23. The van der Waals surface area contributed by atoms with Gasteiger partial charge >= 0.3 is 0 Å². The number of aromatic nitrogens is 1. The van der Waals surface area contributed by atoms with E-state index < -0.39 is 0 Å². The number of fused-ring (bicyclic) bond motifs is 3. The third-order valence-electron chi connectivity index (χ3n) is 2.91. The van der Waals surface area contributed by atoms with E-state index in [1.54, 1.807) is 0 Å². The lowest BCUT2D eigenvalue weighted by atomic mass is 10.0. The first-order valence-electron chi connectivity index (χ1n) is 5.23. The molecule has 15 heavy (non-hydrogen) atoms. The van der Waals surface area contributed by atoms with Crippen molar-refractivity contribution < 1.29 is 0 Å². The Labute approximate surface area is 88.7 Å². The second-order valence-corrected chi connectivity index (χ2v) is 4.20. The molecule has 0 bridgehead atoms. The molecular formula is C14H13N. The predicted molar refractivity (Wildman–Crippen MR) is 65.3 cm³/mol. The molecule has 0 radical (unpaired) electrons. The molecule has 0 spiro atoms. The van der Waals surface area contributed by atoms with Gasteiger partial charge in [-0.15, -0.1) is 0 Å². The lowest BCUT2D eigenvalue weighted by molar-refractivity contribution is 1.30. The zero-order chi connectivity index (χ0) is 10.4. The van der Waals surface area contributed by atoms with Crippen molar-refractivity contribution in [1.29, 1.82) is 0 Å². The highest BCUT2D eigenvalue weighted by molar-refractivity contribution is 6.06. The maximum atomic E-state index is 3.37. The van der Waals surface area contributed by atoms with Crippen LogP contribution in [0.25, 0.3) is 21.7 Å². The number of hydrogen-bond acceptors (Lipinski definition) is 0. The average Bonchev–Trinajstić information content (AvgIpc) is 2.58. The molecule has 1 heterocycles. The van der Waals surface area contributed by atoms with Crippen LogP contribution < -0.4 is 0 Å². The molecule has 74 valence electrons. The summed E-state index contributed by atoms with van der Waals surface area (Å²) in [4.78, 5) is 3.37. The molecule has 0 aliphatic carbocycles. The fraction of sp³-hybridized carbons (Fsp3) is 0.143. The number of benzene rings is 2. The van der Waals surface area contributed by atoms with Crippen LogP contribution in [0.2, 0.25) is 0 Å². The van der Waals surface area contributed by atoms with Gasteiger partial charge < -0.3 is 4.98 Å². The van der Waals surface area contributed by atoms with Gasteiger partial charge in [0.2, 0.25) is 0 Å². The van der Waals surface area contributed by atoms with E-state index in [2.05, 4.69) is 55.2 Å². The minimum Gasteiger partial charge on any atom is -0.359 e. The second kappa shape index (κ2) is 2.86. The Morgan fingerprint density at radius 1 is 0.867 bits per heavy atom. The summed E-state index contributed by atoms with van der Waals surface area (Å²) >= 11 is 0. The molecule has 0 atom stereocenters. The molecule has 0 saturated carbocycles. The van der Waals surface area contributed by atoms with Crippen molar-refractivity contribution in [3.05, 3.63) is 47.7 Å². The van der Waals surface area contributed by atoms with E-state index >= 15 is 0 Å². The van der Waals surface area contributed by atoms with Gasteiger partial charge in [0.05, 0.1) is 0 Å². The molecule has 3 rings (SSSR count). The van der Waals surface area contributed by atoms with Crippen molar-refractivity contribution >= 4 is 21.7 Å². The minimum absolute atomic E-state index is 1.22. The Hall–Kier alpha value is -1.76. The fourth-order valence-electron chi connectivity index (χ4n) is 2.20. The highest BCUT2D eigenvalue weighted by Gasteiger charge is 2.02. The first-order chi connectivity index (χ1) is 7.24. The molecule has 0 amide bonds.